The molecule has 2 amide bonds. The van der Waals surface area contributed by atoms with E-state index >= 15 is 0 Å². The SMILES string of the molecule is C=C/C=C(C)\C=C/CF.C=CC1=CSC(CNC(=O)[C@H](O)[C@@H](O)C(=O)N2CCN(c3ccccc3Cl)CC2)=CCC1. The summed E-state index contributed by atoms with van der Waals surface area (Å²) in [5.41, 5.74) is 3.04. The van der Waals surface area contributed by atoms with Crippen LogP contribution in [0.5, 0.6) is 0 Å². The average molecular weight is 604 g/mol. The van der Waals surface area contributed by atoms with Crippen molar-refractivity contribution < 1.29 is 24.2 Å². The first kappa shape index (κ1) is 34.1. The van der Waals surface area contributed by atoms with Crippen LogP contribution in [0.2, 0.25) is 5.02 Å². The Kier molecular flexibility index (Phi) is 15.3. The number of alkyl halides is 1. The highest BCUT2D eigenvalue weighted by Crippen LogP contribution is 2.27. The van der Waals surface area contributed by atoms with Gasteiger partial charge in [-0.15, -0.1) is 11.8 Å². The Bertz CT molecular complexity index is 1180. The Morgan fingerprint density at radius 2 is 1.88 bits per heavy atom. The summed E-state index contributed by atoms with van der Waals surface area (Å²) in [6.07, 6.45) is 8.59. The average Bonchev–Trinajstić information content (AvgIpc) is 3.23. The number of hydrogen-bond acceptors (Lipinski definition) is 6. The van der Waals surface area contributed by atoms with Crippen LogP contribution >= 0.6 is 23.4 Å². The number of amides is 2. The second kappa shape index (κ2) is 18.3. The summed E-state index contributed by atoms with van der Waals surface area (Å²) in [6.45, 7) is 10.8. The van der Waals surface area contributed by atoms with E-state index in [0.717, 1.165) is 34.6 Å². The van der Waals surface area contributed by atoms with E-state index in [1.807, 2.05) is 54.8 Å². The highest BCUT2D eigenvalue weighted by molar-refractivity contribution is 8.05. The number of carbonyl (C=O) groups is 2. The summed E-state index contributed by atoms with van der Waals surface area (Å²) in [5.74, 6) is -1.44. The smallest absolute Gasteiger partial charge is 0.254 e. The number of aliphatic hydroxyl groups excluding tert-OH is 2. The lowest BCUT2D eigenvalue weighted by molar-refractivity contribution is -0.153. The van der Waals surface area contributed by atoms with Crippen molar-refractivity contribution in [2.75, 3.05) is 44.3 Å². The number of nitrogens with zero attached hydrogens (tertiary/aromatic N) is 2. The van der Waals surface area contributed by atoms with Crippen LogP contribution in [-0.2, 0) is 9.59 Å². The van der Waals surface area contributed by atoms with Gasteiger partial charge in [0.25, 0.3) is 11.8 Å². The molecule has 0 aromatic heterocycles. The molecule has 0 unspecified atom stereocenters. The maximum atomic E-state index is 12.6. The van der Waals surface area contributed by atoms with Crippen LogP contribution in [-0.4, -0.2) is 78.5 Å². The van der Waals surface area contributed by atoms with Crippen molar-refractivity contribution in [1.82, 2.24) is 10.2 Å². The number of thioether (sulfide) groups is 1. The van der Waals surface area contributed by atoms with Gasteiger partial charge in [-0.1, -0.05) is 78.9 Å². The third-order valence-corrected chi connectivity index (χ3v) is 7.68. The molecule has 2 aliphatic rings. The monoisotopic (exact) mass is 603 g/mol. The van der Waals surface area contributed by atoms with E-state index in [0.29, 0.717) is 31.2 Å². The summed E-state index contributed by atoms with van der Waals surface area (Å²) < 4.78 is 11.5. The zero-order valence-corrected chi connectivity index (χ0v) is 24.9. The number of aliphatic hydroxyl groups is 2. The number of nitrogens with one attached hydrogen (secondary N) is 1. The number of para-hydroxylation sites is 1. The third kappa shape index (κ3) is 11.4. The predicted molar refractivity (Wildman–Crippen MR) is 168 cm³/mol. The van der Waals surface area contributed by atoms with Gasteiger partial charge in [0.15, 0.2) is 12.2 Å². The van der Waals surface area contributed by atoms with Gasteiger partial charge in [-0.25, -0.2) is 4.39 Å². The molecule has 41 heavy (non-hydrogen) atoms. The molecule has 3 rings (SSSR count). The minimum Gasteiger partial charge on any atom is -0.380 e. The standard InChI is InChI=1S/C23H28ClN3O4S.C8H11F/c1-2-16-6-5-7-17(32-15-16)14-25-22(30)20(28)21(29)23(31)27-12-10-26(11-13-27)19-9-4-3-8-18(19)24;1-3-5-8(2)6-4-7-9/h2-4,7-9,15,20-21,28-29H,1,5-6,10-14H2,(H,25,30);3-6H,1,7H2,2H3/b;6-4-,8-5-/t20-,21-;/m1./s1. The fourth-order valence-corrected chi connectivity index (χ4v) is 5.16. The summed E-state index contributed by atoms with van der Waals surface area (Å²) in [4.78, 5) is 29.4. The van der Waals surface area contributed by atoms with Crippen molar-refractivity contribution in [2.45, 2.75) is 32.0 Å². The van der Waals surface area contributed by atoms with Gasteiger partial charge in [0.2, 0.25) is 0 Å². The molecule has 1 aromatic carbocycles. The maximum absolute atomic E-state index is 12.6. The number of hydrogen-bond donors (Lipinski definition) is 3. The minimum absolute atomic E-state index is 0.221. The molecule has 0 aliphatic carbocycles. The topological polar surface area (TPSA) is 93.1 Å². The molecule has 0 spiro atoms. The van der Waals surface area contributed by atoms with Crippen molar-refractivity contribution in [3.8, 4) is 0 Å². The second-order valence-corrected chi connectivity index (χ2v) is 10.7. The predicted octanol–water partition coefficient (Wildman–Crippen LogP) is 4.95. The molecular weight excluding hydrogens is 565 g/mol. The second-order valence-electron chi connectivity index (χ2n) is 9.30. The lowest BCUT2D eigenvalue weighted by Gasteiger charge is -2.37. The molecule has 0 bridgehead atoms. The zero-order valence-electron chi connectivity index (χ0n) is 23.3. The van der Waals surface area contributed by atoms with Crippen molar-refractivity contribution >= 4 is 40.9 Å². The number of carbonyl (C=O) groups excluding carboxylic acids is 2. The first-order valence-corrected chi connectivity index (χ1v) is 14.6. The van der Waals surface area contributed by atoms with Gasteiger partial charge >= 0.3 is 0 Å². The third-order valence-electron chi connectivity index (χ3n) is 6.32. The lowest BCUT2D eigenvalue weighted by Crippen LogP contribution is -2.55. The molecule has 1 fully saturated rings. The van der Waals surface area contributed by atoms with Crippen LogP contribution in [0.3, 0.4) is 0 Å². The van der Waals surface area contributed by atoms with Crippen LogP contribution in [0.25, 0.3) is 0 Å². The highest BCUT2D eigenvalue weighted by atomic mass is 35.5. The van der Waals surface area contributed by atoms with Gasteiger partial charge < -0.3 is 25.3 Å². The summed E-state index contributed by atoms with van der Waals surface area (Å²) >= 11 is 7.73. The van der Waals surface area contributed by atoms with Crippen LogP contribution in [0, 0.1) is 0 Å². The maximum Gasteiger partial charge on any atom is 0.254 e. The number of allylic oxidation sites excluding steroid dienone is 8. The van der Waals surface area contributed by atoms with Crippen molar-refractivity contribution in [3.63, 3.8) is 0 Å². The van der Waals surface area contributed by atoms with Crippen molar-refractivity contribution in [1.29, 1.82) is 0 Å². The van der Waals surface area contributed by atoms with Gasteiger partial charge in [-0.3, -0.25) is 9.59 Å². The summed E-state index contributed by atoms with van der Waals surface area (Å²) in [6, 6.07) is 7.48. The summed E-state index contributed by atoms with van der Waals surface area (Å²) in [7, 11) is 0. The normalized spacial score (nSPS) is 17.3. The fraction of sp³-hybridized carbons (Fsp3) is 0.355. The first-order valence-electron chi connectivity index (χ1n) is 13.3. The van der Waals surface area contributed by atoms with Crippen LogP contribution in [0.4, 0.5) is 10.1 Å². The number of piperazine rings is 1. The van der Waals surface area contributed by atoms with Crippen molar-refractivity contribution in [3.05, 3.63) is 100 Å². The fourth-order valence-electron chi connectivity index (χ4n) is 4.01. The number of benzene rings is 1. The largest absolute Gasteiger partial charge is 0.380 e. The Balaban J connectivity index is 0.000000564. The van der Waals surface area contributed by atoms with Gasteiger partial charge in [0, 0.05) is 37.6 Å². The van der Waals surface area contributed by atoms with E-state index in [9.17, 15) is 24.2 Å². The lowest BCUT2D eigenvalue weighted by atomic mass is 10.1. The summed E-state index contributed by atoms with van der Waals surface area (Å²) in [5, 5.41) is 25.8. The highest BCUT2D eigenvalue weighted by Gasteiger charge is 2.34. The molecule has 3 N–H and O–H groups in total. The molecule has 0 radical (unpaired) electrons. The Labute approximate surface area is 251 Å². The zero-order chi connectivity index (χ0) is 30.2. The molecule has 10 heteroatoms. The van der Waals surface area contributed by atoms with Crippen LogP contribution < -0.4 is 10.2 Å². The van der Waals surface area contributed by atoms with E-state index in [-0.39, 0.29) is 6.54 Å². The Morgan fingerprint density at radius 1 is 1.17 bits per heavy atom. The minimum atomic E-state index is -1.83. The van der Waals surface area contributed by atoms with E-state index in [4.69, 9.17) is 11.6 Å². The number of halogens is 2. The van der Waals surface area contributed by atoms with Crippen LogP contribution in [0.1, 0.15) is 19.8 Å². The molecule has 2 heterocycles. The molecule has 1 aromatic rings. The van der Waals surface area contributed by atoms with E-state index < -0.39 is 30.7 Å². The molecule has 7 nitrogen and oxygen atoms in total. The van der Waals surface area contributed by atoms with Gasteiger partial charge in [-0.2, -0.15) is 0 Å². The molecule has 1 saturated heterocycles. The quantitative estimate of drug-likeness (QED) is 0.328. The molecule has 0 saturated carbocycles. The molecular formula is C31H39ClFN3O4S. The van der Waals surface area contributed by atoms with Crippen LogP contribution in [0.15, 0.2) is 95.3 Å². The first-order chi connectivity index (χ1) is 19.7. The molecule has 222 valence electrons. The van der Waals surface area contributed by atoms with Gasteiger partial charge in [-0.05, 0) is 42.9 Å². The molecule has 2 atom stereocenters. The number of anilines is 1. The van der Waals surface area contributed by atoms with Gasteiger partial charge in [0.05, 0.1) is 10.7 Å². The molecule has 2 aliphatic heterocycles. The Hall–Kier alpha value is -3.11. The van der Waals surface area contributed by atoms with Gasteiger partial charge in [0.1, 0.15) is 6.67 Å². The number of rotatable bonds is 10. The van der Waals surface area contributed by atoms with Crippen molar-refractivity contribution in [2.24, 2.45) is 0 Å². The Morgan fingerprint density at radius 3 is 2.51 bits per heavy atom. The van der Waals surface area contributed by atoms with E-state index in [2.05, 4.69) is 23.4 Å². The van der Waals surface area contributed by atoms with E-state index in [1.165, 1.54) is 22.7 Å². The van der Waals surface area contributed by atoms with E-state index in [1.54, 1.807) is 12.2 Å².